The molecule has 0 bridgehead atoms. The zero-order valence-electron chi connectivity index (χ0n) is 14.4. The lowest BCUT2D eigenvalue weighted by Gasteiger charge is -2.18. The fourth-order valence-corrected chi connectivity index (χ4v) is 2.77. The van der Waals surface area contributed by atoms with E-state index >= 15 is 0 Å². The lowest BCUT2D eigenvalue weighted by atomic mass is 9.86. The molecular weight excluding hydrogens is 290 g/mol. The van der Waals surface area contributed by atoms with E-state index in [2.05, 4.69) is 69.3 Å². The van der Waals surface area contributed by atoms with Crippen LogP contribution in [-0.2, 0) is 5.41 Å². The summed E-state index contributed by atoms with van der Waals surface area (Å²) in [5, 5.41) is 11.7. The van der Waals surface area contributed by atoms with Gasteiger partial charge >= 0.3 is 0 Å². The summed E-state index contributed by atoms with van der Waals surface area (Å²) in [6.07, 6.45) is 4.09. The van der Waals surface area contributed by atoms with Crippen LogP contribution in [0.2, 0.25) is 0 Å². The molecule has 0 radical (unpaired) electrons. The van der Waals surface area contributed by atoms with E-state index in [4.69, 9.17) is 0 Å². The maximum Gasteiger partial charge on any atom is 0.0998 e. The van der Waals surface area contributed by atoms with Crippen molar-refractivity contribution in [2.24, 2.45) is 0 Å². The third-order valence-electron chi connectivity index (χ3n) is 4.27. The van der Waals surface area contributed by atoms with Gasteiger partial charge in [0, 0.05) is 0 Å². The van der Waals surface area contributed by atoms with Gasteiger partial charge in [-0.2, -0.15) is 5.26 Å². The first-order valence-electron chi connectivity index (χ1n) is 8.19. The van der Waals surface area contributed by atoms with Crippen LogP contribution in [0.3, 0.4) is 0 Å². The molecule has 1 heteroatoms. The molecule has 0 saturated heterocycles. The van der Waals surface area contributed by atoms with Crippen molar-refractivity contribution in [3.05, 3.63) is 82.9 Å². The standard InChI is InChI=1S/C23H21N/c1-23(2,3)22-12-9-17(10-13-22)8-11-20-14-18-6-4-5-7-19(18)15-21(20)16-24/h4-15H,1-3H3. The molecule has 0 atom stereocenters. The number of nitriles is 1. The van der Waals surface area contributed by atoms with Gasteiger partial charge in [-0.1, -0.05) is 81.5 Å². The van der Waals surface area contributed by atoms with Crippen LogP contribution in [0.1, 0.15) is 43.0 Å². The number of hydrogen-bond donors (Lipinski definition) is 0. The Hall–Kier alpha value is -2.85. The van der Waals surface area contributed by atoms with Crippen LogP contribution in [0.15, 0.2) is 60.7 Å². The van der Waals surface area contributed by atoms with Gasteiger partial charge in [-0.15, -0.1) is 0 Å². The predicted molar refractivity (Wildman–Crippen MR) is 103 cm³/mol. The molecule has 0 fully saturated rings. The topological polar surface area (TPSA) is 23.8 Å². The third kappa shape index (κ3) is 3.39. The molecule has 1 nitrogen and oxygen atoms in total. The van der Waals surface area contributed by atoms with Gasteiger partial charge < -0.3 is 0 Å². The quantitative estimate of drug-likeness (QED) is 0.518. The Morgan fingerprint density at radius 1 is 0.833 bits per heavy atom. The zero-order chi connectivity index (χ0) is 17.2. The summed E-state index contributed by atoms with van der Waals surface area (Å²) < 4.78 is 0. The number of hydrogen-bond acceptors (Lipinski definition) is 1. The molecule has 3 aromatic rings. The van der Waals surface area contributed by atoms with Crippen LogP contribution in [0.4, 0.5) is 0 Å². The molecule has 0 aliphatic heterocycles. The molecule has 118 valence electrons. The third-order valence-corrected chi connectivity index (χ3v) is 4.27. The summed E-state index contributed by atoms with van der Waals surface area (Å²) in [4.78, 5) is 0. The van der Waals surface area contributed by atoms with Gasteiger partial charge in [-0.3, -0.25) is 0 Å². The molecule has 0 aliphatic rings. The second-order valence-corrected chi connectivity index (χ2v) is 7.10. The molecular formula is C23H21N. The Bertz CT molecular complexity index is 932. The van der Waals surface area contributed by atoms with Crippen LogP contribution in [0, 0.1) is 11.3 Å². The first-order chi connectivity index (χ1) is 11.5. The van der Waals surface area contributed by atoms with Crippen molar-refractivity contribution < 1.29 is 0 Å². The molecule has 0 saturated carbocycles. The fourth-order valence-electron chi connectivity index (χ4n) is 2.77. The normalized spacial score (nSPS) is 11.8. The highest BCUT2D eigenvalue weighted by atomic mass is 14.2. The van der Waals surface area contributed by atoms with E-state index in [9.17, 15) is 5.26 Å². The van der Waals surface area contributed by atoms with E-state index in [1.54, 1.807) is 0 Å². The molecule has 0 N–H and O–H groups in total. The minimum absolute atomic E-state index is 0.161. The van der Waals surface area contributed by atoms with Crippen LogP contribution in [0.25, 0.3) is 22.9 Å². The van der Waals surface area contributed by atoms with Gasteiger partial charge in [0.15, 0.2) is 0 Å². The average molecular weight is 311 g/mol. The van der Waals surface area contributed by atoms with Crippen molar-refractivity contribution in [3.8, 4) is 6.07 Å². The first kappa shape index (κ1) is 16.0. The summed E-state index contributed by atoms with van der Waals surface area (Å²) in [6, 6.07) is 23.1. The van der Waals surface area contributed by atoms with E-state index in [1.165, 1.54) is 5.56 Å². The Balaban J connectivity index is 1.94. The van der Waals surface area contributed by atoms with Gasteiger partial charge in [0.1, 0.15) is 0 Å². The van der Waals surface area contributed by atoms with Gasteiger partial charge in [-0.25, -0.2) is 0 Å². The maximum absolute atomic E-state index is 9.42. The molecule has 0 spiro atoms. The number of nitrogens with zero attached hydrogens (tertiary/aromatic N) is 1. The number of benzene rings is 3. The smallest absolute Gasteiger partial charge is 0.0998 e. The summed E-state index contributed by atoms with van der Waals surface area (Å²) in [5.41, 5.74) is 4.28. The molecule has 0 aliphatic carbocycles. The summed E-state index contributed by atoms with van der Waals surface area (Å²) in [6.45, 7) is 6.64. The van der Waals surface area contributed by atoms with Gasteiger partial charge in [0.25, 0.3) is 0 Å². The van der Waals surface area contributed by atoms with Crippen LogP contribution in [-0.4, -0.2) is 0 Å². The minimum Gasteiger partial charge on any atom is -0.192 e. The molecule has 3 aromatic carbocycles. The van der Waals surface area contributed by atoms with E-state index in [-0.39, 0.29) is 5.41 Å². The summed E-state index contributed by atoms with van der Waals surface area (Å²) in [5.74, 6) is 0. The van der Waals surface area contributed by atoms with Crippen LogP contribution in [0.5, 0.6) is 0 Å². The Labute approximate surface area is 143 Å². The Morgan fingerprint density at radius 3 is 2.04 bits per heavy atom. The minimum atomic E-state index is 0.161. The second kappa shape index (κ2) is 6.34. The van der Waals surface area contributed by atoms with E-state index in [0.717, 1.165) is 21.9 Å². The van der Waals surface area contributed by atoms with E-state index in [0.29, 0.717) is 5.56 Å². The van der Waals surface area contributed by atoms with Gasteiger partial charge in [-0.05, 0) is 45.0 Å². The van der Waals surface area contributed by atoms with E-state index < -0.39 is 0 Å². The first-order valence-corrected chi connectivity index (χ1v) is 8.19. The lowest BCUT2D eigenvalue weighted by molar-refractivity contribution is 0.590. The molecule has 0 unspecified atom stereocenters. The van der Waals surface area contributed by atoms with Crippen molar-refractivity contribution in [2.75, 3.05) is 0 Å². The van der Waals surface area contributed by atoms with Crippen molar-refractivity contribution >= 4 is 22.9 Å². The average Bonchev–Trinajstić information content (AvgIpc) is 2.58. The molecule has 24 heavy (non-hydrogen) atoms. The van der Waals surface area contributed by atoms with E-state index in [1.807, 2.05) is 30.3 Å². The van der Waals surface area contributed by atoms with Crippen LogP contribution >= 0.6 is 0 Å². The highest BCUT2D eigenvalue weighted by Crippen LogP contribution is 2.24. The Kier molecular flexibility index (Phi) is 4.23. The molecule has 0 aromatic heterocycles. The molecule has 3 rings (SSSR count). The SMILES string of the molecule is CC(C)(C)c1ccc(C=Cc2cc3ccccc3cc2C#N)cc1. The number of rotatable bonds is 2. The van der Waals surface area contributed by atoms with Crippen molar-refractivity contribution in [1.82, 2.24) is 0 Å². The summed E-state index contributed by atoms with van der Waals surface area (Å²) in [7, 11) is 0. The largest absolute Gasteiger partial charge is 0.192 e. The number of fused-ring (bicyclic) bond motifs is 1. The Morgan fingerprint density at radius 2 is 1.46 bits per heavy atom. The molecule has 0 amide bonds. The van der Waals surface area contributed by atoms with Crippen molar-refractivity contribution in [2.45, 2.75) is 26.2 Å². The van der Waals surface area contributed by atoms with Crippen LogP contribution < -0.4 is 0 Å². The summed E-state index contributed by atoms with van der Waals surface area (Å²) >= 11 is 0. The second-order valence-electron chi connectivity index (χ2n) is 7.10. The predicted octanol–water partition coefficient (Wildman–Crippen LogP) is 6.18. The highest BCUT2D eigenvalue weighted by molar-refractivity contribution is 5.88. The van der Waals surface area contributed by atoms with Gasteiger partial charge in [0.05, 0.1) is 11.6 Å². The molecule has 0 heterocycles. The maximum atomic E-state index is 9.42. The lowest BCUT2D eigenvalue weighted by Crippen LogP contribution is -2.10. The monoisotopic (exact) mass is 311 g/mol. The highest BCUT2D eigenvalue weighted by Gasteiger charge is 2.12. The zero-order valence-corrected chi connectivity index (χ0v) is 14.4. The fraction of sp³-hybridized carbons (Fsp3) is 0.174. The van der Waals surface area contributed by atoms with Crippen molar-refractivity contribution in [3.63, 3.8) is 0 Å². The van der Waals surface area contributed by atoms with Gasteiger partial charge in [0.2, 0.25) is 0 Å². The van der Waals surface area contributed by atoms with Crippen molar-refractivity contribution in [1.29, 1.82) is 5.26 Å².